The summed E-state index contributed by atoms with van der Waals surface area (Å²) in [5.41, 5.74) is 2.84. The number of anilines is 1. The molecule has 40 heavy (non-hydrogen) atoms. The highest BCUT2D eigenvalue weighted by molar-refractivity contribution is 8.02. The van der Waals surface area contributed by atoms with Crippen LogP contribution in [-0.4, -0.2) is 70.1 Å². The minimum Gasteiger partial charge on any atom is -0.465 e. The molecule has 1 N–H and O–H groups in total. The summed E-state index contributed by atoms with van der Waals surface area (Å²) >= 11 is 1.67. The van der Waals surface area contributed by atoms with Gasteiger partial charge in [-0.25, -0.2) is 0 Å². The molecule has 3 unspecified atom stereocenters. The standard InChI is InChI=1S/C32H44N2O5S/c1-6-8-12-18-39-31(38)26-25-20-23(5)32(40-25)27(26)29(36)34(16-10-9-11-17-35)28(32)30(37)33(15-7-2)24-19-21(3)13-14-22(24)4/h6-7,13-14,19,23,25-28,35H,1-2,8-12,15-18,20H2,3-5H3/t23?,25-,26+,27-,28?,32?/m0/s1. The molecule has 2 amide bonds. The average Bonchev–Trinajstić information content (AvgIpc) is 3.52. The number of allylic oxidation sites excluding steroid dienone is 1. The van der Waals surface area contributed by atoms with E-state index in [-0.39, 0.29) is 35.6 Å². The van der Waals surface area contributed by atoms with E-state index < -0.39 is 22.6 Å². The fraction of sp³-hybridized carbons (Fsp3) is 0.594. The number of aliphatic hydroxyl groups is 1. The first kappa shape index (κ1) is 30.4. The minimum absolute atomic E-state index is 0.0451. The van der Waals surface area contributed by atoms with Crippen LogP contribution in [0.3, 0.4) is 0 Å². The summed E-state index contributed by atoms with van der Waals surface area (Å²) in [6, 6.07) is 5.36. The molecule has 218 valence electrons. The zero-order valence-electron chi connectivity index (χ0n) is 24.1. The number of benzene rings is 1. The largest absolute Gasteiger partial charge is 0.465 e. The number of ether oxygens (including phenoxy) is 1. The van der Waals surface area contributed by atoms with E-state index in [0.29, 0.717) is 39.0 Å². The molecule has 3 aliphatic heterocycles. The van der Waals surface area contributed by atoms with Crippen molar-refractivity contribution in [3.05, 3.63) is 54.6 Å². The van der Waals surface area contributed by atoms with E-state index in [4.69, 9.17) is 4.74 Å². The fourth-order valence-corrected chi connectivity index (χ4v) is 9.37. The van der Waals surface area contributed by atoms with Gasteiger partial charge in [0, 0.05) is 30.6 Å². The fourth-order valence-electron chi connectivity index (χ4n) is 6.97. The van der Waals surface area contributed by atoms with E-state index in [1.54, 1.807) is 33.7 Å². The molecule has 3 fully saturated rings. The van der Waals surface area contributed by atoms with Crippen molar-refractivity contribution in [1.82, 2.24) is 4.90 Å². The van der Waals surface area contributed by atoms with Crippen molar-refractivity contribution < 1.29 is 24.2 Å². The molecule has 0 aromatic heterocycles. The molecule has 7 nitrogen and oxygen atoms in total. The van der Waals surface area contributed by atoms with Crippen LogP contribution in [0, 0.1) is 31.6 Å². The highest BCUT2D eigenvalue weighted by Crippen LogP contribution is 2.68. The maximum Gasteiger partial charge on any atom is 0.310 e. The number of carbonyl (C=O) groups excluding carboxylic acids is 3. The lowest BCUT2D eigenvalue weighted by Crippen LogP contribution is -2.57. The van der Waals surface area contributed by atoms with Gasteiger partial charge in [-0.3, -0.25) is 14.4 Å². The quantitative estimate of drug-likeness (QED) is 0.197. The zero-order valence-corrected chi connectivity index (χ0v) is 25.0. The number of likely N-dealkylation sites (tertiary alicyclic amines) is 1. The number of hydrogen-bond donors (Lipinski definition) is 1. The molecule has 3 heterocycles. The molecule has 0 saturated carbocycles. The van der Waals surface area contributed by atoms with Crippen molar-refractivity contribution in [2.75, 3.05) is 31.2 Å². The lowest BCUT2D eigenvalue weighted by Gasteiger charge is -2.40. The summed E-state index contributed by atoms with van der Waals surface area (Å²) in [6.45, 7) is 14.9. The molecule has 1 aromatic carbocycles. The summed E-state index contributed by atoms with van der Waals surface area (Å²) in [7, 11) is 0. The van der Waals surface area contributed by atoms with Gasteiger partial charge < -0.3 is 19.6 Å². The molecule has 3 saturated heterocycles. The summed E-state index contributed by atoms with van der Waals surface area (Å²) in [4.78, 5) is 46.0. The molecule has 0 aliphatic carbocycles. The predicted octanol–water partition coefficient (Wildman–Crippen LogP) is 4.83. The maximum atomic E-state index is 14.7. The molecule has 1 aromatic rings. The van der Waals surface area contributed by atoms with Gasteiger partial charge in [0.25, 0.3) is 5.91 Å². The van der Waals surface area contributed by atoms with Gasteiger partial charge in [0.05, 0.1) is 23.2 Å². The zero-order chi connectivity index (χ0) is 29.0. The first-order valence-electron chi connectivity index (χ1n) is 14.6. The molecular formula is C32H44N2O5S. The number of rotatable bonds is 14. The Hall–Kier alpha value is -2.58. The number of carbonyl (C=O) groups is 3. The van der Waals surface area contributed by atoms with Crippen LogP contribution in [0.2, 0.25) is 0 Å². The topological polar surface area (TPSA) is 87.2 Å². The van der Waals surface area contributed by atoms with Gasteiger partial charge in [0.1, 0.15) is 6.04 Å². The Morgan fingerprint density at radius 2 is 1.98 bits per heavy atom. The van der Waals surface area contributed by atoms with E-state index in [1.165, 1.54) is 0 Å². The minimum atomic E-state index is -0.697. The molecule has 3 aliphatic rings. The van der Waals surface area contributed by atoms with Crippen LogP contribution < -0.4 is 4.90 Å². The second-order valence-corrected chi connectivity index (χ2v) is 13.0. The Bertz CT molecular complexity index is 1140. The number of nitrogens with zero attached hydrogens (tertiary/aromatic N) is 2. The Morgan fingerprint density at radius 1 is 1.20 bits per heavy atom. The van der Waals surface area contributed by atoms with Crippen LogP contribution in [0.15, 0.2) is 43.5 Å². The molecule has 6 atom stereocenters. The Balaban J connectivity index is 1.73. The molecular weight excluding hydrogens is 524 g/mol. The van der Waals surface area contributed by atoms with E-state index >= 15 is 0 Å². The highest BCUT2D eigenvalue weighted by atomic mass is 32.2. The second kappa shape index (κ2) is 12.9. The number of amides is 2. The smallest absolute Gasteiger partial charge is 0.310 e. The normalized spacial score (nSPS) is 28.4. The van der Waals surface area contributed by atoms with Crippen molar-refractivity contribution in [3.63, 3.8) is 0 Å². The molecule has 8 heteroatoms. The van der Waals surface area contributed by atoms with Gasteiger partial charge >= 0.3 is 5.97 Å². The molecule has 4 rings (SSSR count). The number of hydrogen-bond acceptors (Lipinski definition) is 6. The summed E-state index contributed by atoms with van der Waals surface area (Å²) in [6.07, 6.45) is 7.84. The molecule has 0 radical (unpaired) electrons. The lowest BCUT2D eigenvalue weighted by molar-refractivity contribution is -0.154. The van der Waals surface area contributed by atoms with Crippen LogP contribution >= 0.6 is 11.8 Å². The Morgan fingerprint density at radius 3 is 2.67 bits per heavy atom. The number of fused-ring (bicyclic) bond motifs is 1. The second-order valence-electron chi connectivity index (χ2n) is 11.5. The Kier molecular flexibility index (Phi) is 9.83. The van der Waals surface area contributed by atoms with Gasteiger partial charge in [-0.05, 0) is 75.5 Å². The summed E-state index contributed by atoms with van der Waals surface area (Å²) in [5, 5.41) is 9.25. The SMILES string of the molecule is C=CCCCOC(=O)[C@@H]1[C@@H]2CC(C)C3(S2)C(C(=O)N(CC=C)c2cc(C)ccc2C)N(CCCCCO)C(=O)[C@H]13. The van der Waals surface area contributed by atoms with Crippen LogP contribution in [0.25, 0.3) is 0 Å². The lowest BCUT2D eigenvalue weighted by atomic mass is 9.66. The number of unbranched alkanes of at least 4 members (excludes halogenated alkanes) is 3. The summed E-state index contributed by atoms with van der Waals surface area (Å²) in [5.74, 6) is -1.61. The molecule has 1 spiro atoms. The van der Waals surface area contributed by atoms with Crippen molar-refractivity contribution in [2.24, 2.45) is 17.8 Å². The van der Waals surface area contributed by atoms with Crippen molar-refractivity contribution >= 4 is 35.2 Å². The third kappa shape index (κ3) is 5.37. The van der Waals surface area contributed by atoms with E-state index in [9.17, 15) is 19.5 Å². The highest BCUT2D eigenvalue weighted by Gasteiger charge is 2.76. The Labute approximate surface area is 243 Å². The van der Waals surface area contributed by atoms with E-state index in [1.807, 2.05) is 32.0 Å². The monoisotopic (exact) mass is 568 g/mol. The first-order valence-corrected chi connectivity index (χ1v) is 15.5. The van der Waals surface area contributed by atoms with Crippen molar-refractivity contribution in [3.8, 4) is 0 Å². The average molecular weight is 569 g/mol. The van der Waals surface area contributed by atoms with Crippen LogP contribution in [0.1, 0.15) is 56.6 Å². The van der Waals surface area contributed by atoms with Gasteiger partial charge in [0.2, 0.25) is 5.91 Å². The van der Waals surface area contributed by atoms with E-state index in [0.717, 1.165) is 36.1 Å². The van der Waals surface area contributed by atoms with Crippen LogP contribution in [0.4, 0.5) is 5.69 Å². The third-order valence-electron chi connectivity index (χ3n) is 8.84. The molecule has 2 bridgehead atoms. The predicted molar refractivity (Wildman–Crippen MR) is 160 cm³/mol. The van der Waals surface area contributed by atoms with E-state index in [2.05, 4.69) is 20.1 Å². The van der Waals surface area contributed by atoms with Gasteiger partial charge in [-0.15, -0.1) is 24.9 Å². The number of aliphatic hydroxyl groups excluding tert-OH is 1. The van der Waals surface area contributed by atoms with Crippen LogP contribution in [-0.2, 0) is 19.1 Å². The van der Waals surface area contributed by atoms with Crippen molar-refractivity contribution in [1.29, 1.82) is 0 Å². The van der Waals surface area contributed by atoms with Gasteiger partial charge in [0.15, 0.2) is 0 Å². The van der Waals surface area contributed by atoms with Gasteiger partial charge in [-0.1, -0.05) is 31.2 Å². The van der Waals surface area contributed by atoms with Gasteiger partial charge in [-0.2, -0.15) is 0 Å². The number of aryl methyl sites for hydroxylation is 2. The summed E-state index contributed by atoms with van der Waals surface area (Å²) < 4.78 is 4.99. The first-order chi connectivity index (χ1) is 19.2. The number of thioether (sulfide) groups is 1. The van der Waals surface area contributed by atoms with Crippen molar-refractivity contribution in [2.45, 2.75) is 75.3 Å². The third-order valence-corrected chi connectivity index (χ3v) is 10.9. The van der Waals surface area contributed by atoms with Crippen LogP contribution in [0.5, 0.6) is 0 Å². The maximum absolute atomic E-state index is 14.7. The number of esters is 1.